The van der Waals surface area contributed by atoms with Gasteiger partial charge in [-0.3, -0.25) is 24.1 Å². The van der Waals surface area contributed by atoms with Crippen molar-refractivity contribution >= 4 is 35.3 Å². The molecule has 34 heavy (non-hydrogen) atoms. The van der Waals surface area contributed by atoms with Gasteiger partial charge in [0.1, 0.15) is 0 Å². The number of carbonyl (C=O) groups excluding carboxylic acids is 5. The van der Waals surface area contributed by atoms with Crippen molar-refractivity contribution in [2.75, 3.05) is 37.7 Å². The van der Waals surface area contributed by atoms with E-state index in [0.717, 1.165) is 13.0 Å². The van der Waals surface area contributed by atoms with Crippen LogP contribution in [-0.2, 0) is 23.9 Å². The van der Waals surface area contributed by atoms with Crippen LogP contribution in [0.1, 0.15) is 42.5 Å². The Balaban J connectivity index is 1.42. The Hall–Kier alpha value is -3.69. The standard InChI is InChI=1S/C24H28N4O6/c1-2-13-27-22(32)17-7-3-4-8-18(17)28-21(31)10-11-24(27,28)23(33)34-16-19(29)25-12-6-15-26-14-5-9-20(26)30/h2-4,7-8H,1,5-6,9-16H2,(H,25,29). The summed E-state index contributed by atoms with van der Waals surface area (Å²) in [6.07, 6.45) is 3.63. The van der Waals surface area contributed by atoms with Gasteiger partial charge in [-0.25, -0.2) is 4.79 Å². The lowest BCUT2D eigenvalue weighted by molar-refractivity contribution is -0.159. The van der Waals surface area contributed by atoms with Crippen LogP contribution in [0, 0.1) is 0 Å². The van der Waals surface area contributed by atoms with Crippen LogP contribution in [0.4, 0.5) is 5.69 Å². The molecule has 4 rings (SSSR count). The Labute approximate surface area is 197 Å². The molecule has 1 atom stereocenters. The van der Waals surface area contributed by atoms with E-state index in [9.17, 15) is 24.0 Å². The number of rotatable bonds is 9. The van der Waals surface area contributed by atoms with Crippen LogP contribution < -0.4 is 10.2 Å². The molecule has 10 nitrogen and oxygen atoms in total. The molecule has 0 bridgehead atoms. The predicted octanol–water partition coefficient (Wildman–Crippen LogP) is 0.823. The molecule has 0 spiro atoms. The van der Waals surface area contributed by atoms with Gasteiger partial charge in [0.15, 0.2) is 6.61 Å². The molecule has 1 N–H and O–H groups in total. The molecule has 0 saturated carbocycles. The van der Waals surface area contributed by atoms with E-state index < -0.39 is 30.1 Å². The molecule has 2 saturated heterocycles. The molecule has 3 heterocycles. The number of nitrogens with one attached hydrogen (secondary N) is 1. The summed E-state index contributed by atoms with van der Waals surface area (Å²) < 4.78 is 5.35. The molecule has 0 aromatic heterocycles. The van der Waals surface area contributed by atoms with Crippen LogP contribution in [0.25, 0.3) is 0 Å². The van der Waals surface area contributed by atoms with E-state index in [1.807, 2.05) is 0 Å². The minimum absolute atomic E-state index is 0.0352. The van der Waals surface area contributed by atoms with E-state index in [4.69, 9.17) is 4.74 Å². The zero-order valence-corrected chi connectivity index (χ0v) is 19.0. The molecular weight excluding hydrogens is 440 g/mol. The van der Waals surface area contributed by atoms with Crippen molar-refractivity contribution in [3.63, 3.8) is 0 Å². The first kappa shape index (κ1) is 23.5. The third-order valence-corrected chi connectivity index (χ3v) is 6.45. The average Bonchev–Trinajstić information content (AvgIpc) is 3.41. The Morgan fingerprint density at radius 3 is 2.68 bits per heavy atom. The monoisotopic (exact) mass is 468 g/mol. The molecule has 0 aliphatic carbocycles. The summed E-state index contributed by atoms with van der Waals surface area (Å²) in [6.45, 7) is 4.82. The van der Waals surface area contributed by atoms with E-state index in [-0.39, 0.29) is 31.2 Å². The lowest BCUT2D eigenvalue weighted by Gasteiger charge is -2.47. The minimum atomic E-state index is -1.66. The third kappa shape index (κ3) is 4.04. The lowest BCUT2D eigenvalue weighted by Crippen LogP contribution is -2.68. The van der Waals surface area contributed by atoms with Crippen molar-refractivity contribution in [3.8, 4) is 0 Å². The van der Waals surface area contributed by atoms with Gasteiger partial charge in [0.05, 0.1) is 11.3 Å². The molecule has 10 heteroatoms. The number of nitrogens with zero attached hydrogens (tertiary/aromatic N) is 3. The maximum Gasteiger partial charge on any atom is 0.354 e. The summed E-state index contributed by atoms with van der Waals surface area (Å²) in [7, 11) is 0. The quantitative estimate of drug-likeness (QED) is 0.326. The van der Waals surface area contributed by atoms with Crippen LogP contribution in [0.2, 0.25) is 0 Å². The molecular formula is C24H28N4O6. The molecule has 2 fully saturated rings. The van der Waals surface area contributed by atoms with E-state index in [2.05, 4.69) is 11.9 Å². The Morgan fingerprint density at radius 1 is 1.15 bits per heavy atom. The fourth-order valence-corrected chi connectivity index (χ4v) is 4.87. The smallest absolute Gasteiger partial charge is 0.354 e. The maximum atomic E-state index is 13.4. The van der Waals surface area contributed by atoms with Gasteiger partial charge in [0.25, 0.3) is 11.8 Å². The second-order valence-corrected chi connectivity index (χ2v) is 8.53. The van der Waals surface area contributed by atoms with E-state index in [1.165, 1.54) is 15.9 Å². The minimum Gasteiger partial charge on any atom is -0.452 e. The number of fused-ring (bicyclic) bond motifs is 3. The molecule has 4 amide bonds. The van der Waals surface area contributed by atoms with Gasteiger partial charge in [0.2, 0.25) is 17.5 Å². The van der Waals surface area contributed by atoms with Crippen molar-refractivity contribution in [2.24, 2.45) is 0 Å². The highest BCUT2D eigenvalue weighted by Gasteiger charge is 2.61. The van der Waals surface area contributed by atoms with Crippen molar-refractivity contribution < 1.29 is 28.7 Å². The van der Waals surface area contributed by atoms with E-state index in [1.54, 1.807) is 29.2 Å². The highest BCUT2D eigenvalue weighted by atomic mass is 16.5. The first-order chi connectivity index (χ1) is 16.4. The summed E-state index contributed by atoms with van der Waals surface area (Å²) >= 11 is 0. The number of para-hydroxylation sites is 1. The van der Waals surface area contributed by atoms with Gasteiger partial charge in [0, 0.05) is 45.4 Å². The average molecular weight is 469 g/mol. The number of likely N-dealkylation sites (tertiary alicyclic amines) is 1. The molecule has 1 aromatic rings. The first-order valence-corrected chi connectivity index (χ1v) is 11.5. The second kappa shape index (κ2) is 9.66. The number of hydrogen-bond donors (Lipinski definition) is 1. The number of anilines is 1. The van der Waals surface area contributed by atoms with Crippen LogP contribution in [-0.4, -0.2) is 77.8 Å². The van der Waals surface area contributed by atoms with Gasteiger partial charge in [-0.05, 0) is 25.0 Å². The number of hydrogen-bond acceptors (Lipinski definition) is 6. The Bertz CT molecular complexity index is 1040. The van der Waals surface area contributed by atoms with Crippen LogP contribution in [0.3, 0.4) is 0 Å². The highest BCUT2D eigenvalue weighted by Crippen LogP contribution is 2.45. The Kier molecular flexibility index (Phi) is 6.67. The van der Waals surface area contributed by atoms with Gasteiger partial charge in [-0.15, -0.1) is 6.58 Å². The second-order valence-electron chi connectivity index (χ2n) is 8.53. The van der Waals surface area contributed by atoms with E-state index >= 15 is 0 Å². The number of ether oxygens (including phenoxy) is 1. The van der Waals surface area contributed by atoms with Gasteiger partial charge >= 0.3 is 5.97 Å². The normalized spacial score (nSPS) is 21.4. The van der Waals surface area contributed by atoms with Crippen molar-refractivity contribution in [1.29, 1.82) is 0 Å². The molecule has 3 aliphatic heterocycles. The zero-order chi connectivity index (χ0) is 24.3. The van der Waals surface area contributed by atoms with Crippen molar-refractivity contribution in [3.05, 3.63) is 42.5 Å². The van der Waals surface area contributed by atoms with Crippen molar-refractivity contribution in [2.45, 2.75) is 37.8 Å². The maximum absolute atomic E-state index is 13.4. The third-order valence-electron chi connectivity index (χ3n) is 6.45. The molecule has 1 unspecified atom stereocenters. The zero-order valence-electron chi connectivity index (χ0n) is 19.0. The molecule has 1 aromatic carbocycles. The number of carbonyl (C=O) groups is 5. The topological polar surface area (TPSA) is 116 Å². The molecule has 3 aliphatic rings. The summed E-state index contributed by atoms with van der Waals surface area (Å²) in [5.74, 6) is -1.90. The van der Waals surface area contributed by atoms with Gasteiger partial charge < -0.3 is 19.9 Å². The first-order valence-electron chi connectivity index (χ1n) is 11.5. The molecule has 0 radical (unpaired) electrons. The van der Waals surface area contributed by atoms with Crippen LogP contribution in [0.15, 0.2) is 36.9 Å². The fraction of sp³-hybridized carbons (Fsp3) is 0.458. The summed E-state index contributed by atoms with van der Waals surface area (Å²) in [4.78, 5) is 67.7. The van der Waals surface area contributed by atoms with E-state index in [0.29, 0.717) is 37.2 Å². The summed E-state index contributed by atoms with van der Waals surface area (Å²) in [5, 5.41) is 2.68. The van der Waals surface area contributed by atoms with Gasteiger partial charge in [-0.1, -0.05) is 18.2 Å². The molecule has 180 valence electrons. The largest absolute Gasteiger partial charge is 0.452 e. The summed E-state index contributed by atoms with van der Waals surface area (Å²) in [5.41, 5.74) is -0.988. The number of amides is 4. The number of esters is 1. The fourth-order valence-electron chi connectivity index (χ4n) is 4.87. The van der Waals surface area contributed by atoms with Crippen LogP contribution >= 0.6 is 0 Å². The van der Waals surface area contributed by atoms with Crippen LogP contribution in [0.5, 0.6) is 0 Å². The number of benzene rings is 1. The van der Waals surface area contributed by atoms with Crippen molar-refractivity contribution in [1.82, 2.24) is 15.1 Å². The SMILES string of the molecule is C=CCN1C(=O)c2ccccc2N2C(=O)CCC12C(=O)OCC(=O)NCCCN1CCCC1=O. The lowest BCUT2D eigenvalue weighted by atomic mass is 9.96. The summed E-state index contributed by atoms with van der Waals surface area (Å²) in [6, 6.07) is 6.62. The highest BCUT2D eigenvalue weighted by molar-refractivity contribution is 6.15. The van der Waals surface area contributed by atoms with Gasteiger partial charge in [-0.2, -0.15) is 0 Å². The predicted molar refractivity (Wildman–Crippen MR) is 122 cm³/mol. The Morgan fingerprint density at radius 2 is 1.94 bits per heavy atom.